The van der Waals surface area contributed by atoms with E-state index in [0.29, 0.717) is 32.4 Å². The number of hydrogen-bond donors (Lipinski definition) is 0. The van der Waals surface area contributed by atoms with Crippen LogP contribution in [-0.4, -0.2) is 65.2 Å². The zero-order valence-corrected chi connectivity index (χ0v) is 14.3. The minimum absolute atomic E-state index is 0.0833. The third kappa shape index (κ3) is 2.89. The number of rotatable bonds is 5. The summed E-state index contributed by atoms with van der Waals surface area (Å²) < 4.78 is 27.8. The summed E-state index contributed by atoms with van der Waals surface area (Å²) in [6, 6.07) is 1.81. The quantitative estimate of drug-likeness (QED) is 0.788. The highest BCUT2D eigenvalue weighted by Gasteiger charge is 2.48. The first kappa shape index (κ1) is 16.4. The van der Waals surface area contributed by atoms with Gasteiger partial charge in [-0.2, -0.15) is 5.10 Å². The molecule has 1 aromatic heterocycles. The maximum absolute atomic E-state index is 13.0. The number of sulfonamides is 1. The molecule has 7 nitrogen and oxygen atoms in total. The van der Waals surface area contributed by atoms with Crippen molar-refractivity contribution in [3.8, 4) is 0 Å². The van der Waals surface area contributed by atoms with Crippen LogP contribution in [0, 0.1) is 0 Å². The number of carbonyl (C=O) groups excluding carboxylic acids is 1. The van der Waals surface area contributed by atoms with Crippen LogP contribution < -0.4 is 0 Å². The third-order valence-corrected chi connectivity index (χ3v) is 6.97. The predicted molar refractivity (Wildman–Crippen MR) is 86.3 cm³/mol. The normalized spacial score (nSPS) is 21.9. The predicted octanol–water partition coefficient (Wildman–Crippen LogP) is 0.646. The summed E-state index contributed by atoms with van der Waals surface area (Å²) in [5.41, 5.74) is -0.734. The zero-order chi connectivity index (χ0) is 16.5. The Morgan fingerprint density at radius 2 is 1.91 bits per heavy atom. The van der Waals surface area contributed by atoms with Gasteiger partial charge in [0.25, 0.3) is 5.91 Å². The van der Waals surface area contributed by atoms with Crippen LogP contribution in [0.1, 0.15) is 32.6 Å². The third-order valence-electron chi connectivity index (χ3n) is 4.89. The van der Waals surface area contributed by atoms with E-state index < -0.39 is 15.6 Å². The van der Waals surface area contributed by atoms with Gasteiger partial charge in [0.15, 0.2) is 0 Å². The summed E-state index contributed by atoms with van der Waals surface area (Å²) in [5.74, 6) is 0.252. The van der Waals surface area contributed by atoms with Gasteiger partial charge >= 0.3 is 0 Å². The average Bonchev–Trinajstić information content (AvgIpc) is 3.00. The maximum Gasteiger partial charge on any atom is 0.250 e. The number of aromatic nitrogens is 2. The molecule has 2 fully saturated rings. The summed E-state index contributed by atoms with van der Waals surface area (Å²) in [6.45, 7) is 4.20. The van der Waals surface area contributed by atoms with E-state index in [4.69, 9.17) is 0 Å². The van der Waals surface area contributed by atoms with Crippen molar-refractivity contribution < 1.29 is 13.2 Å². The van der Waals surface area contributed by atoms with E-state index in [9.17, 15) is 13.2 Å². The molecular weight excluding hydrogens is 316 g/mol. The van der Waals surface area contributed by atoms with Crippen LogP contribution in [0.5, 0.6) is 0 Å². The fraction of sp³-hybridized carbons (Fsp3) is 0.733. The first-order chi connectivity index (χ1) is 11.0. The zero-order valence-electron chi connectivity index (χ0n) is 13.5. The van der Waals surface area contributed by atoms with Crippen LogP contribution in [0.3, 0.4) is 0 Å². The molecule has 0 spiro atoms. The fourth-order valence-corrected chi connectivity index (χ4v) is 4.91. The summed E-state index contributed by atoms with van der Waals surface area (Å²) >= 11 is 0. The first-order valence-corrected chi connectivity index (χ1v) is 9.88. The lowest BCUT2D eigenvalue weighted by Gasteiger charge is -2.45. The van der Waals surface area contributed by atoms with Crippen molar-refractivity contribution in [2.24, 2.45) is 0 Å². The minimum Gasteiger partial charge on any atom is -0.340 e. The van der Waals surface area contributed by atoms with Gasteiger partial charge in [-0.1, -0.05) is 6.92 Å². The van der Waals surface area contributed by atoms with Crippen LogP contribution in [-0.2, 0) is 20.4 Å². The number of piperidine rings is 1. The Bertz CT molecular complexity index is 644. The van der Waals surface area contributed by atoms with Gasteiger partial charge in [-0.05, 0) is 31.7 Å². The SMILES string of the molecule is CCCS(=O)(=O)N1CCC(C(=O)N2CCC2)(n2cccn2)CC1. The lowest BCUT2D eigenvalue weighted by Crippen LogP contribution is -2.59. The molecule has 2 saturated heterocycles. The topological polar surface area (TPSA) is 75.5 Å². The molecule has 0 bridgehead atoms. The van der Waals surface area contributed by atoms with Crippen molar-refractivity contribution in [2.75, 3.05) is 31.9 Å². The second-order valence-corrected chi connectivity index (χ2v) is 8.43. The number of hydrogen-bond acceptors (Lipinski definition) is 4. The highest BCUT2D eigenvalue weighted by atomic mass is 32.2. The van der Waals surface area contributed by atoms with Gasteiger partial charge in [0.05, 0.1) is 5.75 Å². The van der Waals surface area contributed by atoms with Crippen LogP contribution >= 0.6 is 0 Å². The molecule has 0 aromatic carbocycles. The Morgan fingerprint density at radius 1 is 1.22 bits per heavy atom. The van der Waals surface area contributed by atoms with Gasteiger partial charge in [0.1, 0.15) is 5.54 Å². The fourth-order valence-electron chi connectivity index (χ4n) is 3.40. The Balaban J connectivity index is 1.82. The second kappa shape index (κ2) is 6.24. The lowest BCUT2D eigenvalue weighted by atomic mass is 9.86. The van der Waals surface area contributed by atoms with Crippen LogP contribution in [0.15, 0.2) is 18.5 Å². The van der Waals surface area contributed by atoms with Crippen molar-refractivity contribution in [3.63, 3.8) is 0 Å². The average molecular weight is 340 g/mol. The summed E-state index contributed by atoms with van der Waals surface area (Å²) in [5, 5.41) is 4.30. The highest BCUT2D eigenvalue weighted by molar-refractivity contribution is 7.89. The van der Waals surface area contributed by atoms with E-state index in [-0.39, 0.29) is 11.7 Å². The molecule has 1 aromatic rings. The van der Waals surface area contributed by atoms with E-state index in [2.05, 4.69) is 5.10 Å². The standard InChI is InChI=1S/C15H24N4O3S/c1-2-13-23(21,22)18-11-5-15(6-12-18,19-10-3-7-16-19)14(20)17-8-4-9-17/h3,7,10H,2,4-6,8-9,11-13H2,1H3. The molecule has 128 valence electrons. The molecule has 8 heteroatoms. The Kier molecular flexibility index (Phi) is 4.46. The molecule has 23 heavy (non-hydrogen) atoms. The van der Waals surface area contributed by atoms with Gasteiger partial charge in [-0.15, -0.1) is 0 Å². The summed E-state index contributed by atoms with van der Waals surface area (Å²) in [7, 11) is -3.21. The van der Waals surface area contributed by atoms with E-state index in [1.165, 1.54) is 4.31 Å². The van der Waals surface area contributed by atoms with E-state index in [1.54, 1.807) is 10.9 Å². The smallest absolute Gasteiger partial charge is 0.250 e. The second-order valence-electron chi connectivity index (χ2n) is 6.34. The molecule has 3 heterocycles. The maximum atomic E-state index is 13.0. The van der Waals surface area contributed by atoms with Crippen LogP contribution in [0.2, 0.25) is 0 Å². The molecular formula is C15H24N4O3S. The number of likely N-dealkylation sites (tertiary alicyclic amines) is 1. The minimum atomic E-state index is -3.21. The first-order valence-electron chi connectivity index (χ1n) is 8.27. The largest absolute Gasteiger partial charge is 0.340 e. The van der Waals surface area contributed by atoms with Crippen LogP contribution in [0.25, 0.3) is 0 Å². The molecule has 0 N–H and O–H groups in total. The van der Waals surface area contributed by atoms with Crippen molar-refractivity contribution in [3.05, 3.63) is 18.5 Å². The Labute approximate surface area is 137 Å². The summed E-state index contributed by atoms with van der Waals surface area (Å²) in [4.78, 5) is 14.8. The van der Waals surface area contributed by atoms with Crippen LogP contribution in [0.4, 0.5) is 0 Å². The molecule has 0 saturated carbocycles. The molecule has 1 amide bonds. The number of carbonyl (C=O) groups is 1. The Morgan fingerprint density at radius 3 is 2.39 bits per heavy atom. The van der Waals surface area contributed by atoms with Crippen molar-refractivity contribution in [2.45, 2.75) is 38.1 Å². The van der Waals surface area contributed by atoms with Gasteiger partial charge < -0.3 is 4.90 Å². The van der Waals surface area contributed by atoms with E-state index in [1.807, 2.05) is 24.1 Å². The molecule has 0 atom stereocenters. The highest BCUT2D eigenvalue weighted by Crippen LogP contribution is 2.34. The number of amides is 1. The van der Waals surface area contributed by atoms with E-state index in [0.717, 1.165) is 19.5 Å². The van der Waals surface area contributed by atoms with Crippen molar-refractivity contribution in [1.82, 2.24) is 19.0 Å². The van der Waals surface area contributed by atoms with E-state index >= 15 is 0 Å². The van der Waals surface area contributed by atoms with Gasteiger partial charge in [0.2, 0.25) is 10.0 Å². The van der Waals surface area contributed by atoms with Crippen molar-refractivity contribution in [1.29, 1.82) is 0 Å². The van der Waals surface area contributed by atoms with Gasteiger partial charge in [-0.3, -0.25) is 9.48 Å². The molecule has 2 aliphatic heterocycles. The summed E-state index contributed by atoms with van der Waals surface area (Å²) in [6.07, 6.45) is 6.09. The van der Waals surface area contributed by atoms with Crippen molar-refractivity contribution >= 4 is 15.9 Å². The molecule has 0 unspecified atom stereocenters. The Hall–Kier alpha value is -1.41. The molecule has 3 rings (SSSR count). The molecule has 2 aliphatic rings. The van der Waals surface area contributed by atoms with Gasteiger partial charge in [0, 0.05) is 38.6 Å². The molecule has 0 aliphatic carbocycles. The molecule has 0 radical (unpaired) electrons. The monoisotopic (exact) mass is 340 g/mol. The number of nitrogens with zero attached hydrogens (tertiary/aromatic N) is 4. The van der Waals surface area contributed by atoms with Gasteiger partial charge in [-0.25, -0.2) is 12.7 Å². The lowest BCUT2D eigenvalue weighted by molar-refractivity contribution is -0.147.